The van der Waals surface area contributed by atoms with Crippen LogP contribution in [-0.2, 0) is 9.84 Å². The fourth-order valence-electron chi connectivity index (χ4n) is 3.83. The molecule has 2 aliphatic heterocycles. The number of nitrogens with zero attached hydrogens (tertiary/aromatic N) is 3. The highest BCUT2D eigenvalue weighted by Gasteiger charge is 2.33. The van der Waals surface area contributed by atoms with Crippen molar-refractivity contribution in [3.8, 4) is 0 Å². The monoisotopic (exact) mass is 368 g/mol. The molecule has 3 rings (SSSR count). The van der Waals surface area contributed by atoms with Crippen LogP contribution in [0, 0.1) is 0 Å². The fourth-order valence-corrected chi connectivity index (χ4v) is 5.53. The van der Waals surface area contributed by atoms with E-state index < -0.39 is 9.84 Å². The molecule has 140 valence electrons. The van der Waals surface area contributed by atoms with Crippen molar-refractivity contribution in [2.45, 2.75) is 58.2 Å². The van der Waals surface area contributed by atoms with Gasteiger partial charge in [0.2, 0.25) is 0 Å². The van der Waals surface area contributed by atoms with E-state index in [-0.39, 0.29) is 41.5 Å². The minimum atomic E-state index is -2.99. The second-order valence-electron chi connectivity index (χ2n) is 7.80. The zero-order chi connectivity index (χ0) is 18.4. The van der Waals surface area contributed by atoms with Gasteiger partial charge in [-0.2, -0.15) is 5.10 Å². The summed E-state index contributed by atoms with van der Waals surface area (Å²) in [6.45, 7) is 9.52. The van der Waals surface area contributed by atoms with Crippen molar-refractivity contribution >= 4 is 15.7 Å². The lowest BCUT2D eigenvalue weighted by molar-refractivity contribution is 0.0672. The number of aromatic nitrogens is 2. The largest absolute Gasteiger partial charge is 0.335 e. The highest BCUT2D eigenvalue weighted by Crippen LogP contribution is 2.27. The van der Waals surface area contributed by atoms with E-state index in [4.69, 9.17) is 0 Å². The van der Waals surface area contributed by atoms with Crippen LogP contribution < -0.4 is 5.32 Å². The number of sulfone groups is 1. The van der Waals surface area contributed by atoms with Crippen LogP contribution in [0.25, 0.3) is 0 Å². The van der Waals surface area contributed by atoms with E-state index in [1.54, 1.807) is 10.9 Å². The zero-order valence-electron chi connectivity index (χ0n) is 15.4. The number of carbonyl (C=O) groups is 1. The van der Waals surface area contributed by atoms with Gasteiger partial charge in [-0.25, -0.2) is 8.42 Å². The maximum Gasteiger partial charge on any atom is 0.257 e. The molecular weight excluding hydrogens is 340 g/mol. The quantitative estimate of drug-likeness (QED) is 0.866. The van der Waals surface area contributed by atoms with Crippen LogP contribution in [0.4, 0.5) is 0 Å². The summed E-state index contributed by atoms with van der Waals surface area (Å²) >= 11 is 0. The van der Waals surface area contributed by atoms with E-state index in [0.717, 1.165) is 5.69 Å². The third kappa shape index (κ3) is 3.89. The van der Waals surface area contributed by atoms with Gasteiger partial charge in [0.15, 0.2) is 9.84 Å². The van der Waals surface area contributed by atoms with E-state index in [0.29, 0.717) is 25.1 Å². The first-order valence-corrected chi connectivity index (χ1v) is 10.8. The van der Waals surface area contributed by atoms with Gasteiger partial charge in [-0.05, 0) is 26.2 Å². The summed E-state index contributed by atoms with van der Waals surface area (Å²) in [6, 6.07) is 0.348. The van der Waals surface area contributed by atoms with Crippen molar-refractivity contribution < 1.29 is 13.2 Å². The summed E-state index contributed by atoms with van der Waals surface area (Å²) in [4.78, 5) is 15.0. The van der Waals surface area contributed by atoms with Crippen molar-refractivity contribution in [1.29, 1.82) is 0 Å². The molecule has 1 N–H and O–H groups in total. The lowest BCUT2D eigenvalue weighted by Crippen LogP contribution is -2.55. The molecule has 0 bridgehead atoms. The minimum Gasteiger partial charge on any atom is -0.335 e. The van der Waals surface area contributed by atoms with Crippen molar-refractivity contribution in [2.24, 2.45) is 0 Å². The van der Waals surface area contributed by atoms with E-state index in [9.17, 15) is 13.2 Å². The van der Waals surface area contributed by atoms with Crippen LogP contribution in [0.2, 0.25) is 0 Å². The van der Waals surface area contributed by atoms with Crippen molar-refractivity contribution in [2.75, 3.05) is 24.6 Å². The topological polar surface area (TPSA) is 84.3 Å². The van der Waals surface area contributed by atoms with Crippen LogP contribution in [0.1, 0.15) is 62.1 Å². The zero-order valence-corrected chi connectivity index (χ0v) is 16.2. The first-order valence-electron chi connectivity index (χ1n) is 9.01. The molecule has 0 spiro atoms. The first-order chi connectivity index (χ1) is 11.7. The Morgan fingerprint density at radius 1 is 1.28 bits per heavy atom. The van der Waals surface area contributed by atoms with Crippen molar-refractivity contribution in [3.63, 3.8) is 0 Å². The number of rotatable bonds is 3. The van der Waals surface area contributed by atoms with Gasteiger partial charge in [0, 0.05) is 31.4 Å². The molecule has 3 heterocycles. The molecule has 0 radical (unpaired) electrons. The molecule has 7 nitrogen and oxygen atoms in total. The molecule has 1 aromatic rings. The maximum atomic E-state index is 13.1. The molecule has 1 aromatic heterocycles. The van der Waals surface area contributed by atoms with Gasteiger partial charge in [0.25, 0.3) is 5.91 Å². The lowest BCUT2D eigenvalue weighted by atomic mass is 10.0. The Morgan fingerprint density at radius 2 is 1.92 bits per heavy atom. The van der Waals surface area contributed by atoms with Gasteiger partial charge >= 0.3 is 0 Å². The van der Waals surface area contributed by atoms with E-state index in [1.165, 1.54) is 0 Å². The molecule has 2 fully saturated rings. The van der Waals surface area contributed by atoms with Gasteiger partial charge in [-0.3, -0.25) is 9.48 Å². The standard InChI is InChI=1S/C17H28N4O3S/c1-11(2)16-15(17(22)20-7-12(3)18-13(4)8-20)9-21(19-16)14-5-6-25(23,24)10-14/h9,11-14,18H,5-8,10H2,1-4H3/t12-,13-,14-/m1/s1. The SMILES string of the molecule is CC(C)c1nn([C@@H]2CCS(=O)(=O)C2)cc1C(=O)N1C[C@@H](C)N[C@H](C)C1. The second-order valence-corrected chi connectivity index (χ2v) is 10.0. The van der Waals surface area contributed by atoms with Crippen molar-refractivity contribution in [1.82, 2.24) is 20.0 Å². The van der Waals surface area contributed by atoms with Crippen LogP contribution in [0.5, 0.6) is 0 Å². The smallest absolute Gasteiger partial charge is 0.257 e. The molecule has 0 unspecified atom stereocenters. The van der Waals surface area contributed by atoms with Crippen LogP contribution in [0.3, 0.4) is 0 Å². The van der Waals surface area contributed by atoms with Crippen LogP contribution in [0.15, 0.2) is 6.20 Å². The molecule has 25 heavy (non-hydrogen) atoms. The molecule has 8 heteroatoms. The predicted octanol–water partition coefficient (Wildman–Crippen LogP) is 1.19. The first kappa shape index (κ1) is 18.4. The molecule has 1 amide bonds. The highest BCUT2D eigenvalue weighted by atomic mass is 32.2. The molecular formula is C17H28N4O3S. The van der Waals surface area contributed by atoms with Crippen molar-refractivity contribution in [3.05, 3.63) is 17.5 Å². The number of hydrogen-bond donors (Lipinski definition) is 1. The summed E-state index contributed by atoms with van der Waals surface area (Å²) < 4.78 is 25.3. The predicted molar refractivity (Wildman–Crippen MR) is 96.6 cm³/mol. The third-order valence-electron chi connectivity index (χ3n) is 4.97. The lowest BCUT2D eigenvalue weighted by Gasteiger charge is -2.36. The van der Waals surface area contributed by atoms with Gasteiger partial charge < -0.3 is 10.2 Å². The van der Waals surface area contributed by atoms with Crippen LogP contribution >= 0.6 is 0 Å². The van der Waals surface area contributed by atoms with E-state index in [2.05, 4.69) is 24.3 Å². The normalized spacial score (nSPS) is 29.3. The summed E-state index contributed by atoms with van der Waals surface area (Å²) in [6.07, 6.45) is 2.33. The minimum absolute atomic E-state index is 0.00370. The maximum absolute atomic E-state index is 13.1. The van der Waals surface area contributed by atoms with Gasteiger partial charge in [0.05, 0.1) is 28.8 Å². The van der Waals surface area contributed by atoms with Crippen LogP contribution in [-0.4, -0.2) is 65.7 Å². The molecule has 0 aliphatic carbocycles. The number of piperazine rings is 1. The molecule has 2 aliphatic rings. The summed E-state index contributed by atoms with van der Waals surface area (Å²) in [5, 5.41) is 8.03. The molecule has 2 saturated heterocycles. The average Bonchev–Trinajstić information content (AvgIpc) is 3.09. The summed E-state index contributed by atoms with van der Waals surface area (Å²) in [7, 11) is -2.99. The molecule has 0 aromatic carbocycles. The highest BCUT2D eigenvalue weighted by molar-refractivity contribution is 7.91. The van der Waals surface area contributed by atoms with E-state index >= 15 is 0 Å². The third-order valence-corrected chi connectivity index (χ3v) is 6.72. The van der Waals surface area contributed by atoms with Gasteiger partial charge in [-0.1, -0.05) is 13.8 Å². The summed E-state index contributed by atoms with van der Waals surface area (Å²) in [5.41, 5.74) is 1.37. The van der Waals surface area contributed by atoms with Gasteiger partial charge in [0.1, 0.15) is 0 Å². The summed E-state index contributed by atoms with van der Waals surface area (Å²) in [5.74, 6) is 0.415. The number of hydrogen-bond acceptors (Lipinski definition) is 5. The number of carbonyl (C=O) groups excluding carboxylic acids is 1. The Kier molecular flexibility index (Phi) is 4.94. The molecule has 3 atom stereocenters. The number of nitrogens with one attached hydrogen (secondary N) is 1. The Morgan fingerprint density at radius 3 is 2.44 bits per heavy atom. The Hall–Kier alpha value is -1.41. The van der Waals surface area contributed by atoms with Gasteiger partial charge in [-0.15, -0.1) is 0 Å². The fraction of sp³-hybridized carbons (Fsp3) is 0.765. The average molecular weight is 369 g/mol. The Labute approximate surface area is 149 Å². The second kappa shape index (κ2) is 6.72. The molecule has 0 saturated carbocycles. The van der Waals surface area contributed by atoms with E-state index in [1.807, 2.05) is 18.7 Å². The Bertz CT molecular complexity index is 746. The Balaban J connectivity index is 1.88. The number of amides is 1.